The molecular weight excluding hydrogens is 194 g/mol. The van der Waals surface area contributed by atoms with Crippen LogP contribution in [-0.2, 0) is 9.47 Å². The van der Waals surface area contributed by atoms with E-state index in [0.29, 0.717) is 45.7 Å². The van der Waals surface area contributed by atoms with E-state index in [4.69, 9.17) is 9.47 Å². The van der Waals surface area contributed by atoms with E-state index in [9.17, 15) is 10.4 Å². The van der Waals surface area contributed by atoms with Gasteiger partial charge in [0.2, 0.25) is 0 Å². The molecule has 0 bridgehead atoms. The molecule has 2 saturated heterocycles. The summed E-state index contributed by atoms with van der Waals surface area (Å²) in [6, 6.07) is 2.28. The molecule has 2 heterocycles. The topological polar surface area (TPSA) is 62.5 Å². The van der Waals surface area contributed by atoms with Crippen molar-refractivity contribution >= 4 is 0 Å². The summed E-state index contributed by atoms with van der Waals surface area (Å²) in [5.41, 5.74) is -1.63. The smallest absolute Gasteiger partial charge is 0.111 e. The molecule has 2 rings (SSSR count). The van der Waals surface area contributed by atoms with Gasteiger partial charge >= 0.3 is 0 Å². The van der Waals surface area contributed by atoms with Gasteiger partial charge in [0.15, 0.2) is 0 Å². The molecule has 2 unspecified atom stereocenters. The lowest BCUT2D eigenvalue weighted by Gasteiger charge is -2.38. The largest absolute Gasteiger partial charge is 0.388 e. The second-order valence-corrected chi connectivity index (χ2v) is 4.49. The van der Waals surface area contributed by atoms with Crippen LogP contribution < -0.4 is 0 Å². The van der Waals surface area contributed by atoms with Gasteiger partial charge in [0, 0.05) is 26.2 Å². The van der Waals surface area contributed by atoms with Gasteiger partial charge in [0.1, 0.15) is 5.41 Å². The lowest BCUT2D eigenvalue weighted by Crippen LogP contribution is -2.48. The second kappa shape index (κ2) is 4.09. The van der Waals surface area contributed by atoms with Gasteiger partial charge in [0.25, 0.3) is 0 Å². The third kappa shape index (κ3) is 1.76. The molecule has 2 aliphatic heterocycles. The quantitative estimate of drug-likeness (QED) is 0.698. The highest BCUT2D eigenvalue weighted by Gasteiger charge is 2.53. The van der Waals surface area contributed by atoms with Gasteiger partial charge in [-0.2, -0.15) is 5.26 Å². The van der Waals surface area contributed by atoms with E-state index < -0.39 is 11.0 Å². The fourth-order valence-corrected chi connectivity index (χ4v) is 2.54. The standard InChI is InChI=1S/C11H17NO3/c12-8-10(3-6-15-9-10)11(13)2-1-5-14-7-4-11/h13H,1-7,9H2. The Bertz CT molecular complexity index is 257. The Balaban J connectivity index is 2.21. The summed E-state index contributed by atoms with van der Waals surface area (Å²) in [4.78, 5) is 0. The summed E-state index contributed by atoms with van der Waals surface area (Å²) in [6.07, 6.45) is 2.65. The number of ether oxygens (including phenoxy) is 2. The van der Waals surface area contributed by atoms with Crippen LogP contribution in [0.3, 0.4) is 0 Å². The highest BCUT2D eigenvalue weighted by atomic mass is 16.5. The van der Waals surface area contributed by atoms with E-state index in [0.717, 1.165) is 6.42 Å². The molecular formula is C11H17NO3. The Morgan fingerprint density at radius 2 is 1.87 bits per heavy atom. The number of aliphatic hydroxyl groups is 1. The lowest BCUT2D eigenvalue weighted by molar-refractivity contribution is -0.0714. The van der Waals surface area contributed by atoms with E-state index in [2.05, 4.69) is 6.07 Å². The Labute approximate surface area is 89.8 Å². The molecule has 1 N–H and O–H groups in total. The zero-order valence-electron chi connectivity index (χ0n) is 8.87. The van der Waals surface area contributed by atoms with Gasteiger partial charge in [-0.3, -0.25) is 0 Å². The van der Waals surface area contributed by atoms with E-state index >= 15 is 0 Å². The molecule has 4 nitrogen and oxygen atoms in total. The van der Waals surface area contributed by atoms with E-state index in [1.807, 2.05) is 0 Å². The van der Waals surface area contributed by atoms with Gasteiger partial charge in [-0.05, 0) is 19.3 Å². The molecule has 0 aromatic heterocycles. The van der Waals surface area contributed by atoms with Crippen LogP contribution in [-0.4, -0.2) is 37.1 Å². The van der Waals surface area contributed by atoms with Crippen molar-refractivity contribution in [1.29, 1.82) is 5.26 Å². The third-order valence-corrected chi connectivity index (χ3v) is 3.67. The van der Waals surface area contributed by atoms with Crippen LogP contribution in [0.1, 0.15) is 25.7 Å². The maximum absolute atomic E-state index is 10.6. The number of hydrogen-bond donors (Lipinski definition) is 1. The molecule has 0 aromatic carbocycles. The van der Waals surface area contributed by atoms with Crippen molar-refractivity contribution < 1.29 is 14.6 Å². The van der Waals surface area contributed by atoms with Crippen molar-refractivity contribution in [1.82, 2.24) is 0 Å². The zero-order chi connectivity index (χ0) is 10.8. The average molecular weight is 211 g/mol. The molecule has 0 saturated carbocycles. The summed E-state index contributed by atoms with van der Waals surface area (Å²) in [5.74, 6) is 0. The van der Waals surface area contributed by atoms with Crippen molar-refractivity contribution in [3.63, 3.8) is 0 Å². The number of nitrogens with zero attached hydrogens (tertiary/aromatic N) is 1. The van der Waals surface area contributed by atoms with Gasteiger partial charge in [-0.15, -0.1) is 0 Å². The first-order chi connectivity index (χ1) is 7.22. The van der Waals surface area contributed by atoms with E-state index in [1.54, 1.807) is 0 Å². The molecule has 84 valence electrons. The van der Waals surface area contributed by atoms with Crippen molar-refractivity contribution in [2.45, 2.75) is 31.3 Å². The first-order valence-electron chi connectivity index (χ1n) is 5.52. The summed E-state index contributed by atoms with van der Waals surface area (Å²) in [7, 11) is 0. The molecule has 0 aliphatic carbocycles. The molecule has 0 amide bonds. The normalized spacial score (nSPS) is 42.1. The van der Waals surface area contributed by atoms with Crippen molar-refractivity contribution in [3.8, 4) is 6.07 Å². The van der Waals surface area contributed by atoms with Gasteiger partial charge < -0.3 is 14.6 Å². The van der Waals surface area contributed by atoms with Crippen LogP contribution in [0.2, 0.25) is 0 Å². The Morgan fingerprint density at radius 1 is 1.07 bits per heavy atom. The fraction of sp³-hybridized carbons (Fsp3) is 0.909. The monoisotopic (exact) mass is 211 g/mol. The molecule has 2 atom stereocenters. The van der Waals surface area contributed by atoms with E-state index in [1.165, 1.54) is 0 Å². The van der Waals surface area contributed by atoms with Crippen LogP contribution in [0.4, 0.5) is 0 Å². The highest BCUT2D eigenvalue weighted by molar-refractivity contribution is 5.13. The predicted molar refractivity (Wildman–Crippen MR) is 53.1 cm³/mol. The maximum Gasteiger partial charge on any atom is 0.111 e. The minimum Gasteiger partial charge on any atom is -0.388 e. The minimum absolute atomic E-state index is 0.361. The predicted octanol–water partition coefficient (Wildman–Crippen LogP) is 0.848. The fourth-order valence-electron chi connectivity index (χ4n) is 2.54. The van der Waals surface area contributed by atoms with Crippen molar-refractivity contribution in [2.75, 3.05) is 26.4 Å². The van der Waals surface area contributed by atoms with Crippen LogP contribution in [0.15, 0.2) is 0 Å². The second-order valence-electron chi connectivity index (χ2n) is 4.49. The SMILES string of the molecule is N#CC1(C2(O)CCCOCC2)CCOC1. The van der Waals surface area contributed by atoms with Crippen LogP contribution in [0.25, 0.3) is 0 Å². The first kappa shape index (κ1) is 10.9. The highest BCUT2D eigenvalue weighted by Crippen LogP contribution is 2.44. The molecule has 4 heteroatoms. The van der Waals surface area contributed by atoms with Gasteiger partial charge in [0.05, 0.1) is 18.3 Å². The Kier molecular flexibility index (Phi) is 2.96. The number of rotatable bonds is 1. The Hall–Kier alpha value is -0.630. The van der Waals surface area contributed by atoms with Crippen LogP contribution in [0.5, 0.6) is 0 Å². The summed E-state index contributed by atoms with van der Waals surface area (Å²) in [5, 5.41) is 19.9. The maximum atomic E-state index is 10.6. The van der Waals surface area contributed by atoms with Gasteiger partial charge in [-0.1, -0.05) is 0 Å². The molecule has 2 fully saturated rings. The van der Waals surface area contributed by atoms with Crippen LogP contribution in [0, 0.1) is 16.7 Å². The first-order valence-corrected chi connectivity index (χ1v) is 5.52. The molecule has 2 aliphatic rings. The molecule has 0 spiro atoms. The van der Waals surface area contributed by atoms with Crippen molar-refractivity contribution in [2.24, 2.45) is 5.41 Å². The number of nitriles is 1. The Morgan fingerprint density at radius 3 is 2.53 bits per heavy atom. The lowest BCUT2D eigenvalue weighted by atomic mass is 9.68. The summed E-state index contributed by atoms with van der Waals surface area (Å²) in [6.45, 7) is 2.17. The third-order valence-electron chi connectivity index (χ3n) is 3.67. The number of hydrogen-bond acceptors (Lipinski definition) is 4. The van der Waals surface area contributed by atoms with E-state index in [-0.39, 0.29) is 0 Å². The molecule has 15 heavy (non-hydrogen) atoms. The molecule has 0 radical (unpaired) electrons. The van der Waals surface area contributed by atoms with Gasteiger partial charge in [-0.25, -0.2) is 0 Å². The zero-order valence-corrected chi connectivity index (χ0v) is 8.87. The van der Waals surface area contributed by atoms with Crippen LogP contribution >= 0.6 is 0 Å². The summed E-state index contributed by atoms with van der Waals surface area (Å²) < 4.78 is 10.6. The molecule has 0 aromatic rings. The average Bonchev–Trinajstić information content (AvgIpc) is 2.64. The summed E-state index contributed by atoms with van der Waals surface area (Å²) >= 11 is 0. The minimum atomic E-state index is -0.922. The van der Waals surface area contributed by atoms with Crippen molar-refractivity contribution in [3.05, 3.63) is 0 Å².